The van der Waals surface area contributed by atoms with E-state index in [1.165, 1.54) is 23.5 Å². The number of hydrogen-bond donors (Lipinski definition) is 1. The van der Waals surface area contributed by atoms with Crippen molar-refractivity contribution < 1.29 is 19.0 Å². The van der Waals surface area contributed by atoms with Gasteiger partial charge < -0.3 is 9.84 Å². The summed E-state index contributed by atoms with van der Waals surface area (Å²) in [5.41, 5.74) is 1.63. The molecule has 1 aromatic heterocycles. The van der Waals surface area contributed by atoms with Gasteiger partial charge in [-0.15, -0.1) is 11.3 Å². The molecule has 0 aliphatic rings. The van der Waals surface area contributed by atoms with Crippen molar-refractivity contribution in [3.63, 3.8) is 0 Å². The molecule has 112 valence electrons. The summed E-state index contributed by atoms with van der Waals surface area (Å²) in [4.78, 5) is 12.4. The molecule has 0 amide bonds. The Morgan fingerprint density at radius 3 is 2.81 bits per heavy atom. The van der Waals surface area contributed by atoms with Crippen LogP contribution in [-0.2, 0) is 13.0 Å². The van der Waals surface area contributed by atoms with Crippen LogP contribution in [0, 0.1) is 12.7 Å². The normalized spacial score (nSPS) is 10.6. The number of carboxylic acids is 1. The molecule has 0 saturated heterocycles. The Morgan fingerprint density at radius 1 is 1.38 bits per heavy atom. The number of ether oxygens (including phenoxy) is 1. The number of halogens is 1. The molecule has 1 aromatic carbocycles. The fourth-order valence-electron chi connectivity index (χ4n) is 2.00. The van der Waals surface area contributed by atoms with Gasteiger partial charge in [-0.3, -0.25) is 0 Å². The van der Waals surface area contributed by atoms with Crippen molar-refractivity contribution in [2.75, 3.05) is 0 Å². The van der Waals surface area contributed by atoms with Gasteiger partial charge in [0.05, 0.1) is 0 Å². The lowest BCUT2D eigenvalue weighted by Gasteiger charge is -2.08. The summed E-state index contributed by atoms with van der Waals surface area (Å²) in [6.07, 6.45) is 1.77. The molecule has 0 aliphatic carbocycles. The molecular formula is C16H17FO3S. The molecule has 0 bridgehead atoms. The lowest BCUT2D eigenvalue weighted by Crippen LogP contribution is -2.01. The molecule has 2 rings (SSSR count). The fourth-order valence-corrected chi connectivity index (χ4v) is 3.04. The maximum atomic E-state index is 13.2. The highest BCUT2D eigenvalue weighted by atomic mass is 32.1. The Kier molecular flexibility index (Phi) is 4.96. The molecule has 0 fully saturated rings. The Labute approximate surface area is 127 Å². The first-order chi connectivity index (χ1) is 10.0. The number of benzene rings is 1. The van der Waals surface area contributed by atoms with Crippen LogP contribution in [0.5, 0.6) is 5.75 Å². The monoisotopic (exact) mass is 308 g/mol. The van der Waals surface area contributed by atoms with Gasteiger partial charge in [0.2, 0.25) is 0 Å². The lowest BCUT2D eigenvalue weighted by molar-refractivity contribution is 0.0697. The van der Waals surface area contributed by atoms with Crippen molar-refractivity contribution >= 4 is 17.3 Å². The average Bonchev–Trinajstić information content (AvgIpc) is 2.83. The number of hydrogen-bond acceptors (Lipinski definition) is 3. The van der Waals surface area contributed by atoms with Crippen LogP contribution in [0.25, 0.3) is 0 Å². The van der Waals surface area contributed by atoms with Gasteiger partial charge in [-0.1, -0.05) is 19.4 Å². The first-order valence-corrected chi connectivity index (χ1v) is 7.56. The summed E-state index contributed by atoms with van der Waals surface area (Å²) in [5, 5.41) is 9.21. The number of thiophene rings is 1. The highest BCUT2D eigenvalue weighted by molar-refractivity contribution is 7.14. The standard InChI is InChI=1S/C16H17FO3S/c1-3-4-13-8-14(15(21-13)16(18)19)20-9-11-7-12(17)6-5-10(11)2/h5-8H,3-4,9H2,1-2H3,(H,18,19). The zero-order valence-electron chi connectivity index (χ0n) is 12.0. The van der Waals surface area contributed by atoms with Crippen molar-refractivity contribution in [3.05, 3.63) is 51.0 Å². The molecular weight excluding hydrogens is 291 g/mol. The van der Waals surface area contributed by atoms with Crippen LogP contribution in [0.15, 0.2) is 24.3 Å². The van der Waals surface area contributed by atoms with Crippen LogP contribution >= 0.6 is 11.3 Å². The van der Waals surface area contributed by atoms with E-state index in [0.717, 1.165) is 28.8 Å². The summed E-state index contributed by atoms with van der Waals surface area (Å²) >= 11 is 1.24. The lowest BCUT2D eigenvalue weighted by atomic mass is 10.1. The number of carboxylic acid groups (broad SMARTS) is 1. The molecule has 0 aliphatic heterocycles. The summed E-state index contributed by atoms with van der Waals surface area (Å²) in [6, 6.07) is 6.26. The van der Waals surface area contributed by atoms with Gasteiger partial charge in [0.15, 0.2) is 4.88 Å². The van der Waals surface area contributed by atoms with Crippen LogP contribution in [-0.4, -0.2) is 11.1 Å². The van der Waals surface area contributed by atoms with Crippen LogP contribution in [0.1, 0.15) is 39.0 Å². The smallest absolute Gasteiger partial charge is 0.349 e. The zero-order valence-corrected chi connectivity index (χ0v) is 12.8. The van der Waals surface area contributed by atoms with E-state index in [4.69, 9.17) is 4.74 Å². The molecule has 0 radical (unpaired) electrons. The second-order valence-electron chi connectivity index (χ2n) is 4.82. The zero-order chi connectivity index (χ0) is 15.4. The van der Waals surface area contributed by atoms with E-state index in [1.807, 2.05) is 13.8 Å². The minimum absolute atomic E-state index is 0.159. The van der Waals surface area contributed by atoms with Crippen LogP contribution < -0.4 is 4.74 Å². The van der Waals surface area contributed by atoms with Crippen LogP contribution in [0.4, 0.5) is 4.39 Å². The first kappa shape index (κ1) is 15.5. The van der Waals surface area contributed by atoms with Gasteiger partial charge in [0.1, 0.15) is 18.2 Å². The van der Waals surface area contributed by atoms with Gasteiger partial charge in [-0.05, 0) is 42.7 Å². The quantitative estimate of drug-likeness (QED) is 0.859. The predicted molar refractivity (Wildman–Crippen MR) is 80.7 cm³/mol. The minimum Gasteiger partial charge on any atom is -0.487 e. The average molecular weight is 308 g/mol. The SMILES string of the molecule is CCCc1cc(OCc2cc(F)ccc2C)c(C(=O)O)s1. The highest BCUT2D eigenvalue weighted by Crippen LogP contribution is 2.31. The molecule has 1 heterocycles. The fraction of sp³-hybridized carbons (Fsp3) is 0.312. The number of rotatable bonds is 6. The summed E-state index contributed by atoms with van der Waals surface area (Å²) in [7, 11) is 0. The molecule has 0 unspecified atom stereocenters. The first-order valence-electron chi connectivity index (χ1n) is 6.75. The van der Waals surface area contributed by atoms with E-state index in [1.54, 1.807) is 12.1 Å². The predicted octanol–water partition coefficient (Wildman–Crippen LogP) is 4.43. The third-order valence-corrected chi connectivity index (χ3v) is 4.30. The maximum absolute atomic E-state index is 13.2. The topological polar surface area (TPSA) is 46.5 Å². The van der Waals surface area contributed by atoms with Gasteiger partial charge >= 0.3 is 5.97 Å². The molecule has 5 heteroatoms. The molecule has 21 heavy (non-hydrogen) atoms. The summed E-state index contributed by atoms with van der Waals surface area (Å²) < 4.78 is 18.8. The molecule has 0 atom stereocenters. The maximum Gasteiger partial charge on any atom is 0.349 e. The molecule has 3 nitrogen and oxygen atoms in total. The van der Waals surface area contributed by atoms with E-state index in [0.29, 0.717) is 5.75 Å². The van der Waals surface area contributed by atoms with E-state index >= 15 is 0 Å². The van der Waals surface area contributed by atoms with Crippen molar-refractivity contribution in [1.82, 2.24) is 0 Å². The van der Waals surface area contributed by atoms with Crippen LogP contribution in [0.2, 0.25) is 0 Å². The number of carbonyl (C=O) groups is 1. The van der Waals surface area contributed by atoms with Crippen molar-refractivity contribution in [1.29, 1.82) is 0 Å². The second-order valence-corrected chi connectivity index (χ2v) is 5.96. The minimum atomic E-state index is -0.992. The van der Waals surface area contributed by atoms with Gasteiger partial charge in [0, 0.05) is 4.88 Å². The Bertz CT molecular complexity index is 649. The van der Waals surface area contributed by atoms with Crippen LogP contribution in [0.3, 0.4) is 0 Å². The molecule has 2 aromatic rings. The summed E-state index contributed by atoms with van der Waals surface area (Å²) in [6.45, 7) is 4.06. The van der Waals surface area contributed by atoms with E-state index < -0.39 is 5.97 Å². The number of aromatic carboxylic acids is 1. The summed E-state index contributed by atoms with van der Waals surface area (Å²) in [5.74, 6) is -0.956. The van der Waals surface area contributed by atoms with Crippen molar-refractivity contribution in [3.8, 4) is 5.75 Å². The Morgan fingerprint density at radius 2 is 2.14 bits per heavy atom. The van der Waals surface area contributed by atoms with Gasteiger partial charge in [-0.2, -0.15) is 0 Å². The van der Waals surface area contributed by atoms with E-state index in [2.05, 4.69) is 0 Å². The third-order valence-electron chi connectivity index (χ3n) is 3.13. The second kappa shape index (κ2) is 6.72. The highest BCUT2D eigenvalue weighted by Gasteiger charge is 2.17. The van der Waals surface area contributed by atoms with Gasteiger partial charge in [-0.25, -0.2) is 9.18 Å². The molecule has 0 spiro atoms. The molecule has 0 saturated carbocycles. The van der Waals surface area contributed by atoms with Gasteiger partial charge in [0.25, 0.3) is 0 Å². The third kappa shape index (κ3) is 3.82. The van der Waals surface area contributed by atoms with E-state index in [-0.39, 0.29) is 17.3 Å². The largest absolute Gasteiger partial charge is 0.487 e. The van der Waals surface area contributed by atoms with E-state index in [9.17, 15) is 14.3 Å². The number of aryl methyl sites for hydroxylation is 2. The Hall–Kier alpha value is -1.88. The van der Waals surface area contributed by atoms with Crippen molar-refractivity contribution in [2.24, 2.45) is 0 Å². The Balaban J connectivity index is 2.18. The van der Waals surface area contributed by atoms with Crippen molar-refractivity contribution in [2.45, 2.75) is 33.3 Å². The molecule has 1 N–H and O–H groups in total.